The zero-order valence-corrected chi connectivity index (χ0v) is 56.0. The highest BCUT2D eigenvalue weighted by Crippen LogP contribution is 2.43. The molecule has 84 heavy (non-hydrogen) atoms. The molecule has 3 N–H and O–H groups in total. The summed E-state index contributed by atoms with van der Waals surface area (Å²) in [6, 6.07) is -0.879. The molecule has 0 heterocycles. The van der Waals surface area contributed by atoms with Gasteiger partial charge in [0.1, 0.15) is 13.2 Å². The van der Waals surface area contributed by atoms with E-state index in [1.54, 1.807) is 6.08 Å². The molecular formula is C75H132N2O6P+. The summed E-state index contributed by atoms with van der Waals surface area (Å²) >= 11 is 0. The van der Waals surface area contributed by atoms with Crippen LogP contribution in [0.5, 0.6) is 0 Å². The first-order chi connectivity index (χ1) is 41.0. The van der Waals surface area contributed by atoms with Gasteiger partial charge >= 0.3 is 7.82 Å². The number of nitrogens with zero attached hydrogens (tertiary/aromatic N) is 1. The number of unbranched alkanes of at least 4 members (excludes halogenated alkanes) is 29. The average molecular weight is 1190 g/mol. The highest BCUT2D eigenvalue weighted by Gasteiger charge is 2.28. The van der Waals surface area contributed by atoms with Gasteiger partial charge in [0, 0.05) is 6.42 Å². The van der Waals surface area contributed by atoms with Gasteiger partial charge in [0.05, 0.1) is 39.9 Å². The zero-order valence-electron chi connectivity index (χ0n) is 55.1. The van der Waals surface area contributed by atoms with Crippen LogP contribution in [0.25, 0.3) is 0 Å². The van der Waals surface area contributed by atoms with Crippen molar-refractivity contribution in [2.75, 3.05) is 40.9 Å². The summed E-state index contributed by atoms with van der Waals surface area (Å²) in [5.74, 6) is -0.194. The van der Waals surface area contributed by atoms with Gasteiger partial charge in [-0.3, -0.25) is 13.8 Å². The number of carbonyl (C=O) groups is 1. The van der Waals surface area contributed by atoms with Gasteiger partial charge < -0.3 is 19.8 Å². The van der Waals surface area contributed by atoms with E-state index in [1.807, 2.05) is 27.2 Å². The third-order valence-corrected chi connectivity index (χ3v) is 15.8. The van der Waals surface area contributed by atoms with Crippen LogP contribution in [0.15, 0.2) is 134 Å². The third-order valence-electron chi connectivity index (χ3n) is 14.8. The molecule has 0 fully saturated rings. The monoisotopic (exact) mass is 1190 g/mol. The summed E-state index contributed by atoms with van der Waals surface area (Å²) in [5.41, 5.74) is 0. The molecule has 9 heteroatoms. The van der Waals surface area contributed by atoms with Gasteiger partial charge in [0.15, 0.2) is 0 Å². The minimum Gasteiger partial charge on any atom is -0.387 e. The molecule has 0 saturated carbocycles. The summed E-state index contributed by atoms with van der Waals surface area (Å²) < 4.78 is 23.8. The topological polar surface area (TPSA) is 105 Å². The number of carbonyl (C=O) groups excluding carboxylic acids is 1. The number of aliphatic hydroxyl groups excluding tert-OH is 1. The molecule has 0 rings (SSSR count). The van der Waals surface area contributed by atoms with Crippen LogP contribution in [0.3, 0.4) is 0 Å². The molecule has 0 spiro atoms. The summed E-state index contributed by atoms with van der Waals surface area (Å²) in [5, 5.41) is 14.0. The van der Waals surface area contributed by atoms with Crippen molar-refractivity contribution >= 4 is 13.7 Å². The lowest BCUT2D eigenvalue weighted by atomic mass is 10.0. The van der Waals surface area contributed by atoms with Crippen molar-refractivity contribution < 1.29 is 32.9 Å². The molecule has 8 nitrogen and oxygen atoms in total. The van der Waals surface area contributed by atoms with Gasteiger partial charge in [0.25, 0.3) is 0 Å². The van der Waals surface area contributed by atoms with Crippen LogP contribution < -0.4 is 5.32 Å². The average Bonchev–Trinajstić information content (AvgIpc) is 3.56. The van der Waals surface area contributed by atoms with Crippen molar-refractivity contribution in [3.63, 3.8) is 0 Å². The second-order valence-corrected chi connectivity index (χ2v) is 25.6. The van der Waals surface area contributed by atoms with Gasteiger partial charge in [-0.25, -0.2) is 4.57 Å². The predicted octanol–water partition coefficient (Wildman–Crippen LogP) is 22.2. The van der Waals surface area contributed by atoms with E-state index in [-0.39, 0.29) is 19.1 Å². The number of aliphatic hydroxyl groups is 1. The fraction of sp³-hybridized carbons (Fsp3) is 0.693. The number of allylic oxidation sites excluding steroid dienone is 21. The Morgan fingerprint density at radius 3 is 1.10 bits per heavy atom. The number of phosphoric ester groups is 1. The lowest BCUT2D eigenvalue weighted by Gasteiger charge is -2.25. The molecule has 482 valence electrons. The molecular weight excluding hydrogens is 1060 g/mol. The molecule has 1 amide bonds. The van der Waals surface area contributed by atoms with Crippen LogP contribution in [0, 0.1) is 0 Å². The van der Waals surface area contributed by atoms with E-state index >= 15 is 0 Å². The first-order valence-corrected chi connectivity index (χ1v) is 36.1. The van der Waals surface area contributed by atoms with Crippen LogP contribution >= 0.6 is 7.82 Å². The Morgan fingerprint density at radius 2 is 0.726 bits per heavy atom. The standard InChI is InChI=1S/C75H131N2O6P/c1-6-8-10-12-14-16-18-20-22-24-26-28-30-31-32-33-34-35-36-37-38-39-40-41-42-43-44-45-47-49-51-53-55-57-59-61-63-65-67-69-75(79)76-73(72-83-84(80,81)82-71-70-77(3,4)5)74(78)68-66-64-62-60-58-56-54-52-50-48-46-29-27-25-23-21-19-17-15-13-11-9-7-2/h8,10,14,16,20,22,26,28,31-32,34-35,37-38,40-41,50,52,58,60,66,68,73-74,78H,6-7,9,11-13,15,17-19,21,23-25,27,29-30,33,36,39,42-49,51,53-57,59,61-65,67,69-72H2,1-5H3,(H-,76,79,80,81)/p+1/b10-8-,16-14-,22-20-,28-26-,32-31-,35-34-,38-37-,41-40-,52-50+,60-58+,68-66+. The smallest absolute Gasteiger partial charge is 0.387 e. The molecule has 3 atom stereocenters. The largest absolute Gasteiger partial charge is 0.472 e. The van der Waals surface area contributed by atoms with Crippen molar-refractivity contribution in [3.05, 3.63) is 134 Å². The molecule has 0 aromatic heterocycles. The highest BCUT2D eigenvalue weighted by molar-refractivity contribution is 7.47. The van der Waals surface area contributed by atoms with E-state index in [4.69, 9.17) is 9.05 Å². The van der Waals surface area contributed by atoms with Crippen LogP contribution in [0.4, 0.5) is 0 Å². The Kier molecular flexibility index (Phi) is 61.6. The summed E-state index contributed by atoms with van der Waals surface area (Å²) in [6.07, 6.45) is 97.4. The second-order valence-electron chi connectivity index (χ2n) is 24.2. The number of nitrogens with one attached hydrogen (secondary N) is 1. The number of hydrogen-bond donors (Lipinski definition) is 3. The molecule has 0 bridgehead atoms. The molecule has 0 aromatic rings. The quantitative estimate of drug-likeness (QED) is 0.0243. The van der Waals surface area contributed by atoms with E-state index < -0.39 is 20.0 Å². The van der Waals surface area contributed by atoms with Crippen LogP contribution in [-0.4, -0.2) is 73.4 Å². The molecule has 0 saturated heterocycles. The first-order valence-electron chi connectivity index (χ1n) is 34.6. The minimum absolute atomic E-state index is 0.0485. The Morgan fingerprint density at radius 1 is 0.417 bits per heavy atom. The fourth-order valence-electron chi connectivity index (χ4n) is 9.50. The maximum Gasteiger partial charge on any atom is 0.472 e. The van der Waals surface area contributed by atoms with Crippen LogP contribution in [0.2, 0.25) is 0 Å². The molecule has 0 aliphatic rings. The van der Waals surface area contributed by atoms with Gasteiger partial charge in [-0.2, -0.15) is 0 Å². The SMILES string of the molecule is CC/C=C\C/C=C\C/C=C\C/C=C\C/C=C\C/C=C\C/C=C\C/C=C\CCCCCCCCCCCCCCCCC(=O)NC(COP(=O)(O)OCC[N+](C)(C)C)C(O)/C=C/CC/C=C/CC/C=C/CCCCCCCCCCCCCCC. The maximum absolute atomic E-state index is 13.0. The fourth-order valence-corrected chi connectivity index (χ4v) is 10.2. The van der Waals surface area contributed by atoms with Crippen molar-refractivity contribution in [1.29, 1.82) is 0 Å². The second kappa shape index (κ2) is 64.1. The van der Waals surface area contributed by atoms with Crippen molar-refractivity contribution in [3.8, 4) is 0 Å². The number of hydrogen-bond acceptors (Lipinski definition) is 5. The predicted molar refractivity (Wildman–Crippen MR) is 368 cm³/mol. The number of likely N-dealkylation sites (N-methyl/N-ethyl adjacent to an activating group) is 1. The van der Waals surface area contributed by atoms with Crippen molar-refractivity contribution in [1.82, 2.24) is 5.32 Å². The number of quaternary nitrogens is 1. The van der Waals surface area contributed by atoms with Crippen LogP contribution in [-0.2, 0) is 18.4 Å². The molecule has 0 aliphatic heterocycles. The normalized spacial score (nSPS) is 14.5. The summed E-state index contributed by atoms with van der Waals surface area (Å²) in [6.45, 7) is 4.68. The molecule has 3 unspecified atom stereocenters. The Balaban J connectivity index is 4.13. The summed E-state index contributed by atoms with van der Waals surface area (Å²) in [7, 11) is 1.54. The highest BCUT2D eigenvalue weighted by atomic mass is 31.2. The van der Waals surface area contributed by atoms with Gasteiger partial charge in [-0.15, -0.1) is 0 Å². The Labute approximate surface area is 519 Å². The van der Waals surface area contributed by atoms with E-state index in [1.165, 1.54) is 167 Å². The van der Waals surface area contributed by atoms with E-state index in [0.717, 1.165) is 96.3 Å². The van der Waals surface area contributed by atoms with Gasteiger partial charge in [-0.05, 0) is 109 Å². The van der Waals surface area contributed by atoms with Gasteiger partial charge in [-0.1, -0.05) is 302 Å². The molecule has 0 aliphatic carbocycles. The lowest BCUT2D eigenvalue weighted by molar-refractivity contribution is -0.870. The minimum atomic E-state index is -4.37. The lowest BCUT2D eigenvalue weighted by Crippen LogP contribution is -2.45. The van der Waals surface area contributed by atoms with E-state index in [9.17, 15) is 19.4 Å². The molecule has 0 aromatic carbocycles. The Hall–Kier alpha value is -3.36. The Bertz CT molecular complexity index is 1830. The number of phosphoric acid groups is 1. The van der Waals surface area contributed by atoms with Gasteiger partial charge in [0.2, 0.25) is 5.91 Å². The van der Waals surface area contributed by atoms with E-state index in [2.05, 4.69) is 141 Å². The molecule has 0 radical (unpaired) electrons. The van der Waals surface area contributed by atoms with Crippen molar-refractivity contribution in [2.45, 2.75) is 296 Å². The van der Waals surface area contributed by atoms with E-state index in [0.29, 0.717) is 17.4 Å². The first kappa shape index (κ1) is 80.6. The van der Waals surface area contributed by atoms with Crippen LogP contribution in [0.1, 0.15) is 284 Å². The number of amides is 1. The third kappa shape index (κ3) is 66.2. The number of rotatable bonds is 62. The maximum atomic E-state index is 13.0. The summed E-state index contributed by atoms with van der Waals surface area (Å²) in [4.78, 5) is 23.4. The van der Waals surface area contributed by atoms with Crippen molar-refractivity contribution in [2.24, 2.45) is 0 Å². The zero-order chi connectivity index (χ0) is 61.2.